The van der Waals surface area contributed by atoms with Crippen LogP contribution in [0.1, 0.15) is 34.0 Å². The number of amides is 1. The molecule has 0 aliphatic heterocycles. The van der Waals surface area contributed by atoms with Gasteiger partial charge in [0.1, 0.15) is 12.0 Å². The first-order chi connectivity index (χ1) is 13.1. The van der Waals surface area contributed by atoms with Crippen molar-refractivity contribution in [3.63, 3.8) is 0 Å². The lowest BCUT2D eigenvalue weighted by Gasteiger charge is -2.12. The van der Waals surface area contributed by atoms with E-state index in [1.54, 1.807) is 4.68 Å². The van der Waals surface area contributed by atoms with E-state index in [1.807, 2.05) is 13.1 Å². The molecule has 0 saturated carbocycles. The van der Waals surface area contributed by atoms with Crippen molar-refractivity contribution in [3.8, 4) is 0 Å². The number of carbonyl (C=O) groups is 1. The number of hydrazine groups is 1. The first kappa shape index (κ1) is 18.4. The highest BCUT2D eigenvalue weighted by Crippen LogP contribution is 2.21. The van der Waals surface area contributed by atoms with E-state index in [1.165, 1.54) is 35.4 Å². The Kier molecular flexibility index (Phi) is 5.65. The molecule has 140 valence electrons. The molecule has 2 aromatic heterocycles. The van der Waals surface area contributed by atoms with Crippen LogP contribution in [0, 0.1) is 13.8 Å². The largest absolute Gasteiger partial charge is 0.363 e. The van der Waals surface area contributed by atoms with Crippen LogP contribution in [0.15, 0.2) is 43.1 Å². The number of rotatable bonds is 7. The molecule has 27 heavy (non-hydrogen) atoms. The van der Waals surface area contributed by atoms with E-state index in [2.05, 4.69) is 63.3 Å². The first-order valence-electron chi connectivity index (χ1n) is 8.76. The van der Waals surface area contributed by atoms with E-state index in [0.717, 1.165) is 6.54 Å². The Hall–Kier alpha value is -3.42. The van der Waals surface area contributed by atoms with E-state index in [-0.39, 0.29) is 5.91 Å². The summed E-state index contributed by atoms with van der Waals surface area (Å²) in [5.74, 6) is 0.352. The summed E-state index contributed by atoms with van der Waals surface area (Å²) in [6.07, 6.45) is 6.14. The molecule has 0 saturated heterocycles. The maximum atomic E-state index is 12.2. The van der Waals surface area contributed by atoms with Crippen LogP contribution < -0.4 is 16.2 Å². The molecule has 0 bridgehead atoms. The molecule has 3 rings (SSSR count). The van der Waals surface area contributed by atoms with E-state index < -0.39 is 0 Å². The molecular weight excluding hydrogens is 342 g/mol. The van der Waals surface area contributed by atoms with Crippen molar-refractivity contribution in [1.29, 1.82) is 0 Å². The Morgan fingerprint density at radius 2 is 1.85 bits per heavy atom. The number of nitrogens with one attached hydrogen (secondary N) is 3. The predicted molar refractivity (Wildman–Crippen MR) is 104 cm³/mol. The third-order valence-electron chi connectivity index (χ3n) is 4.30. The summed E-state index contributed by atoms with van der Waals surface area (Å²) in [7, 11) is 0. The summed E-state index contributed by atoms with van der Waals surface area (Å²) in [4.78, 5) is 19.9. The van der Waals surface area contributed by atoms with Crippen LogP contribution in [0.4, 0.5) is 11.5 Å². The Bertz CT molecular complexity index is 901. The van der Waals surface area contributed by atoms with Crippen molar-refractivity contribution in [2.45, 2.75) is 33.9 Å². The minimum Gasteiger partial charge on any atom is -0.363 e. The standard InChI is InChI=1S/C19H23N7O/c1-4-26-11-17(23-24-19(27)15-8-20-12-21-9-15)18(25-26)22-10-16-13(2)6-5-7-14(16)3/h5-9,11-12,23H,4,10H2,1-3H3,(H,22,25)(H,24,27). The van der Waals surface area contributed by atoms with Gasteiger partial charge in [-0.25, -0.2) is 9.97 Å². The highest BCUT2D eigenvalue weighted by atomic mass is 16.2. The van der Waals surface area contributed by atoms with Crippen LogP contribution in [-0.4, -0.2) is 25.7 Å². The quantitative estimate of drug-likeness (QED) is 0.557. The molecule has 0 aliphatic rings. The summed E-state index contributed by atoms with van der Waals surface area (Å²) in [5.41, 5.74) is 10.3. The van der Waals surface area contributed by atoms with Crippen LogP contribution >= 0.6 is 0 Å². The van der Waals surface area contributed by atoms with Gasteiger partial charge in [0.2, 0.25) is 0 Å². The van der Waals surface area contributed by atoms with E-state index >= 15 is 0 Å². The topological polar surface area (TPSA) is 96.8 Å². The summed E-state index contributed by atoms with van der Waals surface area (Å²) < 4.78 is 1.80. The summed E-state index contributed by atoms with van der Waals surface area (Å²) in [5, 5.41) is 7.88. The lowest BCUT2D eigenvalue weighted by atomic mass is 10.0. The van der Waals surface area contributed by atoms with E-state index in [0.29, 0.717) is 23.6 Å². The molecule has 0 fully saturated rings. The molecule has 8 heteroatoms. The second-order valence-electron chi connectivity index (χ2n) is 6.18. The Labute approximate surface area is 158 Å². The number of carbonyl (C=O) groups excluding carboxylic acids is 1. The zero-order valence-corrected chi connectivity index (χ0v) is 15.7. The lowest BCUT2D eigenvalue weighted by Crippen LogP contribution is -2.29. The van der Waals surface area contributed by atoms with Crippen molar-refractivity contribution >= 4 is 17.4 Å². The van der Waals surface area contributed by atoms with Gasteiger partial charge in [0.05, 0.1) is 11.8 Å². The zero-order valence-electron chi connectivity index (χ0n) is 15.7. The minimum atomic E-state index is -0.319. The van der Waals surface area contributed by atoms with Gasteiger partial charge in [-0.3, -0.25) is 20.3 Å². The van der Waals surface area contributed by atoms with E-state index in [4.69, 9.17) is 0 Å². The van der Waals surface area contributed by atoms with Gasteiger partial charge in [0, 0.05) is 25.5 Å². The van der Waals surface area contributed by atoms with Crippen molar-refractivity contribution in [1.82, 2.24) is 25.2 Å². The molecule has 3 N–H and O–H groups in total. The summed E-state index contributed by atoms with van der Waals surface area (Å²) in [6.45, 7) is 7.56. The molecule has 1 aromatic carbocycles. The molecule has 2 heterocycles. The summed E-state index contributed by atoms with van der Waals surface area (Å²) >= 11 is 0. The average molecular weight is 365 g/mol. The molecule has 0 spiro atoms. The molecule has 0 unspecified atom stereocenters. The molecule has 0 radical (unpaired) electrons. The van der Waals surface area contributed by atoms with Crippen LogP contribution in [-0.2, 0) is 13.1 Å². The zero-order chi connectivity index (χ0) is 19.2. The molecule has 3 aromatic rings. The van der Waals surface area contributed by atoms with Crippen molar-refractivity contribution < 1.29 is 4.79 Å². The van der Waals surface area contributed by atoms with Crippen molar-refractivity contribution in [3.05, 3.63) is 65.4 Å². The molecular formula is C19H23N7O. The molecule has 0 aliphatic carbocycles. The predicted octanol–water partition coefficient (Wildman–Crippen LogP) is 2.68. The number of aryl methyl sites for hydroxylation is 3. The number of benzene rings is 1. The van der Waals surface area contributed by atoms with Crippen molar-refractivity contribution in [2.75, 3.05) is 10.7 Å². The number of hydrogen-bond donors (Lipinski definition) is 3. The molecule has 8 nitrogen and oxygen atoms in total. The third kappa shape index (κ3) is 4.41. The van der Waals surface area contributed by atoms with Crippen molar-refractivity contribution in [2.24, 2.45) is 0 Å². The van der Waals surface area contributed by atoms with Gasteiger partial charge >= 0.3 is 0 Å². The number of aromatic nitrogens is 4. The monoisotopic (exact) mass is 365 g/mol. The highest BCUT2D eigenvalue weighted by Gasteiger charge is 2.12. The van der Waals surface area contributed by atoms with Gasteiger partial charge in [-0.1, -0.05) is 18.2 Å². The number of hydrogen-bond acceptors (Lipinski definition) is 6. The molecule has 1 amide bonds. The fourth-order valence-electron chi connectivity index (χ4n) is 2.72. The third-order valence-corrected chi connectivity index (χ3v) is 4.30. The number of nitrogens with zero attached hydrogens (tertiary/aromatic N) is 4. The van der Waals surface area contributed by atoms with Gasteiger partial charge in [-0.2, -0.15) is 5.10 Å². The average Bonchev–Trinajstić information content (AvgIpc) is 3.08. The van der Waals surface area contributed by atoms with Gasteiger partial charge in [0.25, 0.3) is 5.91 Å². The summed E-state index contributed by atoms with van der Waals surface area (Å²) in [6, 6.07) is 6.24. The van der Waals surface area contributed by atoms with Crippen LogP contribution in [0.2, 0.25) is 0 Å². The SMILES string of the molecule is CCn1cc(NNC(=O)c2cncnc2)c(NCc2c(C)cccc2C)n1. The van der Waals surface area contributed by atoms with Crippen LogP contribution in [0.5, 0.6) is 0 Å². The van der Waals surface area contributed by atoms with Gasteiger partial charge in [0.15, 0.2) is 5.82 Å². The van der Waals surface area contributed by atoms with Gasteiger partial charge < -0.3 is 5.32 Å². The maximum Gasteiger partial charge on any atom is 0.272 e. The normalized spacial score (nSPS) is 10.5. The fourth-order valence-corrected chi connectivity index (χ4v) is 2.72. The fraction of sp³-hybridized carbons (Fsp3) is 0.263. The van der Waals surface area contributed by atoms with E-state index in [9.17, 15) is 4.79 Å². The Morgan fingerprint density at radius 3 is 2.52 bits per heavy atom. The van der Waals surface area contributed by atoms with Gasteiger partial charge in [-0.05, 0) is 37.5 Å². The second kappa shape index (κ2) is 8.31. The van der Waals surface area contributed by atoms with Crippen LogP contribution in [0.25, 0.3) is 0 Å². The maximum absolute atomic E-state index is 12.2. The Morgan fingerprint density at radius 1 is 1.15 bits per heavy atom. The molecule has 0 atom stereocenters. The number of anilines is 2. The smallest absolute Gasteiger partial charge is 0.272 e. The highest BCUT2D eigenvalue weighted by molar-refractivity contribution is 5.94. The second-order valence-corrected chi connectivity index (χ2v) is 6.18. The lowest BCUT2D eigenvalue weighted by molar-refractivity contribution is 0.0962. The van der Waals surface area contributed by atoms with Crippen LogP contribution in [0.3, 0.4) is 0 Å². The first-order valence-corrected chi connectivity index (χ1v) is 8.76. The Balaban J connectivity index is 1.71. The van der Waals surface area contributed by atoms with Gasteiger partial charge in [-0.15, -0.1) is 0 Å². The minimum absolute atomic E-state index is 0.319.